The maximum Gasteiger partial charge on any atom is 0.245 e. The van der Waals surface area contributed by atoms with E-state index in [2.05, 4.69) is 15.9 Å². The molecule has 0 amide bonds. The standard InChI is InChI=1S/C11H14BrCl2NO2S2/c12-5-6-15(8-3-1-2-4-8)19(16,17)9-7-10(13)18-11(9)14/h7-8H,1-6H2. The first-order valence-corrected chi connectivity index (χ1v) is 10.1. The van der Waals surface area contributed by atoms with Crippen LogP contribution in [-0.2, 0) is 10.0 Å². The summed E-state index contributed by atoms with van der Waals surface area (Å²) >= 11 is 16.3. The van der Waals surface area contributed by atoms with Crippen LogP contribution in [0.3, 0.4) is 0 Å². The average Bonchev–Trinajstić information content (AvgIpc) is 2.95. The minimum absolute atomic E-state index is 0.0808. The van der Waals surface area contributed by atoms with Crippen molar-refractivity contribution in [2.75, 3.05) is 11.9 Å². The average molecular weight is 407 g/mol. The van der Waals surface area contributed by atoms with E-state index in [1.807, 2.05) is 0 Å². The largest absolute Gasteiger partial charge is 0.245 e. The Labute approximate surface area is 136 Å². The van der Waals surface area contributed by atoms with Gasteiger partial charge in [0.2, 0.25) is 10.0 Å². The lowest BCUT2D eigenvalue weighted by atomic mass is 10.2. The van der Waals surface area contributed by atoms with E-state index in [1.165, 1.54) is 6.07 Å². The molecule has 1 aliphatic rings. The monoisotopic (exact) mass is 405 g/mol. The predicted octanol–water partition coefficient (Wildman–Crippen LogP) is 4.38. The second-order valence-electron chi connectivity index (χ2n) is 4.43. The van der Waals surface area contributed by atoms with E-state index >= 15 is 0 Å². The number of sulfonamides is 1. The summed E-state index contributed by atoms with van der Waals surface area (Å²) in [5.41, 5.74) is 0. The smallest absolute Gasteiger partial charge is 0.207 e. The summed E-state index contributed by atoms with van der Waals surface area (Å²) in [4.78, 5) is 0.136. The van der Waals surface area contributed by atoms with E-state index in [-0.39, 0.29) is 15.3 Å². The van der Waals surface area contributed by atoms with Crippen molar-refractivity contribution in [3.8, 4) is 0 Å². The summed E-state index contributed by atoms with van der Waals surface area (Å²) in [7, 11) is -3.56. The van der Waals surface area contributed by atoms with Crippen LogP contribution in [-0.4, -0.2) is 30.6 Å². The number of nitrogens with zero attached hydrogens (tertiary/aromatic N) is 1. The third-order valence-corrected chi connectivity index (χ3v) is 7.31. The molecule has 1 fully saturated rings. The second-order valence-corrected chi connectivity index (χ2v) is 9.37. The summed E-state index contributed by atoms with van der Waals surface area (Å²) < 4.78 is 27.6. The molecule has 1 aromatic rings. The number of hydrogen-bond donors (Lipinski definition) is 0. The highest BCUT2D eigenvalue weighted by Crippen LogP contribution is 2.37. The van der Waals surface area contributed by atoms with Crippen molar-refractivity contribution in [3.05, 3.63) is 14.7 Å². The maximum absolute atomic E-state index is 12.7. The Balaban J connectivity index is 2.36. The summed E-state index contributed by atoms with van der Waals surface area (Å²) in [5, 5.41) is 0.609. The minimum atomic E-state index is -3.56. The van der Waals surface area contributed by atoms with E-state index in [0.29, 0.717) is 16.2 Å². The minimum Gasteiger partial charge on any atom is -0.207 e. The van der Waals surface area contributed by atoms with E-state index in [1.54, 1.807) is 4.31 Å². The number of halogens is 3. The summed E-state index contributed by atoms with van der Waals surface area (Å²) in [6, 6.07) is 1.53. The Morgan fingerprint density at radius 2 is 2.00 bits per heavy atom. The summed E-state index contributed by atoms with van der Waals surface area (Å²) in [5.74, 6) is 0. The highest BCUT2D eigenvalue weighted by Gasteiger charge is 2.34. The molecule has 0 atom stereocenters. The molecule has 2 rings (SSSR count). The van der Waals surface area contributed by atoms with Gasteiger partial charge >= 0.3 is 0 Å². The van der Waals surface area contributed by atoms with E-state index in [9.17, 15) is 8.42 Å². The molecule has 0 aliphatic heterocycles. The maximum atomic E-state index is 12.7. The van der Waals surface area contributed by atoms with Crippen LogP contribution in [0.5, 0.6) is 0 Å². The molecule has 0 saturated heterocycles. The van der Waals surface area contributed by atoms with Gasteiger partial charge in [-0.3, -0.25) is 0 Å². The van der Waals surface area contributed by atoms with Crippen molar-refractivity contribution < 1.29 is 8.42 Å². The molecule has 3 nitrogen and oxygen atoms in total. The van der Waals surface area contributed by atoms with Crippen LogP contribution in [0.25, 0.3) is 0 Å². The Bertz CT molecular complexity index is 541. The Kier molecular flexibility index (Phi) is 5.59. The molecular formula is C11H14BrCl2NO2S2. The number of thiophene rings is 1. The lowest BCUT2D eigenvalue weighted by molar-refractivity contribution is 0.338. The van der Waals surface area contributed by atoms with E-state index < -0.39 is 10.0 Å². The van der Waals surface area contributed by atoms with Crippen molar-refractivity contribution in [2.45, 2.75) is 36.6 Å². The molecule has 0 aromatic carbocycles. The molecule has 1 aliphatic carbocycles. The molecular weight excluding hydrogens is 393 g/mol. The molecule has 108 valence electrons. The fraction of sp³-hybridized carbons (Fsp3) is 0.636. The first-order valence-electron chi connectivity index (χ1n) is 5.99. The van der Waals surface area contributed by atoms with Crippen molar-refractivity contribution in [3.63, 3.8) is 0 Å². The molecule has 19 heavy (non-hydrogen) atoms. The van der Waals surface area contributed by atoms with Crippen LogP contribution in [0.1, 0.15) is 25.7 Å². The number of rotatable bonds is 5. The van der Waals surface area contributed by atoms with Gasteiger partial charge in [-0.2, -0.15) is 4.31 Å². The lowest BCUT2D eigenvalue weighted by Gasteiger charge is -2.27. The lowest BCUT2D eigenvalue weighted by Crippen LogP contribution is -2.40. The zero-order valence-electron chi connectivity index (χ0n) is 10.1. The third kappa shape index (κ3) is 3.47. The zero-order valence-corrected chi connectivity index (χ0v) is 14.8. The zero-order chi connectivity index (χ0) is 14.0. The molecule has 1 heterocycles. The van der Waals surface area contributed by atoms with Crippen LogP contribution in [0.4, 0.5) is 0 Å². The van der Waals surface area contributed by atoms with Gasteiger partial charge in [-0.25, -0.2) is 8.42 Å². The van der Waals surface area contributed by atoms with Gasteiger partial charge < -0.3 is 0 Å². The summed E-state index contributed by atoms with van der Waals surface area (Å²) in [6.45, 7) is 0.455. The molecule has 1 saturated carbocycles. The molecule has 0 radical (unpaired) electrons. The van der Waals surface area contributed by atoms with Crippen molar-refractivity contribution in [1.82, 2.24) is 4.31 Å². The molecule has 0 unspecified atom stereocenters. The molecule has 0 spiro atoms. The molecule has 1 aromatic heterocycles. The summed E-state index contributed by atoms with van der Waals surface area (Å²) in [6.07, 6.45) is 4.00. The molecule has 8 heteroatoms. The first-order chi connectivity index (χ1) is 8.96. The van der Waals surface area contributed by atoms with Gasteiger partial charge in [0, 0.05) is 17.9 Å². The van der Waals surface area contributed by atoms with Gasteiger partial charge in [-0.05, 0) is 18.9 Å². The fourth-order valence-electron chi connectivity index (χ4n) is 2.40. The van der Waals surface area contributed by atoms with Gasteiger partial charge in [0.05, 0.1) is 4.34 Å². The van der Waals surface area contributed by atoms with Crippen LogP contribution in [0.15, 0.2) is 11.0 Å². The third-order valence-electron chi connectivity index (χ3n) is 3.25. The van der Waals surface area contributed by atoms with Crippen molar-refractivity contribution in [1.29, 1.82) is 0 Å². The highest BCUT2D eigenvalue weighted by atomic mass is 79.9. The van der Waals surface area contributed by atoms with Crippen molar-refractivity contribution in [2.24, 2.45) is 0 Å². The Hall–Kier alpha value is 0.670. The van der Waals surface area contributed by atoms with E-state index in [4.69, 9.17) is 23.2 Å². The fourth-order valence-corrected chi connectivity index (χ4v) is 6.82. The first kappa shape index (κ1) is 16.0. The van der Waals surface area contributed by atoms with Gasteiger partial charge in [-0.1, -0.05) is 52.0 Å². The normalized spacial score (nSPS) is 17.5. The van der Waals surface area contributed by atoms with Crippen LogP contribution < -0.4 is 0 Å². The predicted molar refractivity (Wildman–Crippen MR) is 84.3 cm³/mol. The van der Waals surface area contributed by atoms with Crippen LogP contribution in [0.2, 0.25) is 8.67 Å². The van der Waals surface area contributed by atoms with Crippen molar-refractivity contribution >= 4 is 60.5 Å². The second kappa shape index (κ2) is 6.62. The SMILES string of the molecule is O=S(=O)(c1cc(Cl)sc1Cl)N(CCBr)C1CCCC1. The highest BCUT2D eigenvalue weighted by molar-refractivity contribution is 9.09. The van der Waals surface area contributed by atoms with Gasteiger partial charge in [0.15, 0.2) is 0 Å². The van der Waals surface area contributed by atoms with Crippen LogP contribution in [0, 0.1) is 0 Å². The Morgan fingerprint density at radius 1 is 1.37 bits per heavy atom. The molecule has 0 bridgehead atoms. The van der Waals surface area contributed by atoms with E-state index in [0.717, 1.165) is 37.0 Å². The number of alkyl halides is 1. The topological polar surface area (TPSA) is 37.4 Å². The van der Waals surface area contributed by atoms with Gasteiger partial charge in [-0.15, -0.1) is 11.3 Å². The quantitative estimate of drug-likeness (QED) is 0.680. The molecule has 0 N–H and O–H groups in total. The number of hydrogen-bond acceptors (Lipinski definition) is 3. The van der Waals surface area contributed by atoms with Crippen LogP contribution >= 0.6 is 50.5 Å². The van der Waals surface area contributed by atoms with Gasteiger partial charge in [0.1, 0.15) is 9.23 Å². The van der Waals surface area contributed by atoms with Gasteiger partial charge in [0.25, 0.3) is 0 Å². The Morgan fingerprint density at radius 3 is 2.47 bits per heavy atom.